The van der Waals surface area contributed by atoms with Gasteiger partial charge in [0.1, 0.15) is 6.67 Å². The molecule has 68 valence electrons. The molecule has 0 bridgehead atoms. The van der Waals surface area contributed by atoms with Crippen LogP contribution in [0.15, 0.2) is 0 Å². The number of aliphatic hydroxyl groups is 1. The first kappa shape index (κ1) is 10.6. The van der Waals surface area contributed by atoms with Crippen LogP contribution in [0.4, 0.5) is 22.0 Å². The van der Waals surface area contributed by atoms with Gasteiger partial charge in [-0.3, -0.25) is 0 Å². The Hall–Kier alpha value is -0.430. The highest BCUT2D eigenvalue weighted by molar-refractivity contribution is 4.53. The lowest BCUT2D eigenvalue weighted by Crippen LogP contribution is -2.34. The molecule has 0 aliphatic carbocycles. The zero-order chi connectivity index (χ0) is 9.07. The summed E-state index contributed by atoms with van der Waals surface area (Å²) in [5.74, 6) is 0. The van der Waals surface area contributed by atoms with Crippen LogP contribution in [0, 0.1) is 0 Å². The van der Waals surface area contributed by atoms with Crippen molar-refractivity contribution >= 4 is 0 Å². The van der Waals surface area contributed by atoms with Gasteiger partial charge in [0.05, 0.1) is 0 Å². The summed E-state index contributed by atoms with van der Waals surface area (Å²) in [6.07, 6.45) is -11.1. The highest BCUT2D eigenvalue weighted by Gasteiger charge is 2.41. The van der Waals surface area contributed by atoms with E-state index >= 15 is 0 Å². The topological polar surface area (TPSA) is 29.5 Å². The lowest BCUT2D eigenvalue weighted by Gasteiger charge is -2.15. The molecule has 0 saturated carbocycles. The minimum absolute atomic E-state index is 1.73. The van der Waals surface area contributed by atoms with E-state index in [1.807, 2.05) is 0 Å². The van der Waals surface area contributed by atoms with E-state index in [2.05, 4.69) is 4.74 Å². The van der Waals surface area contributed by atoms with Gasteiger partial charge in [-0.2, -0.15) is 13.2 Å². The number of aliphatic hydroxyl groups excluding tert-OH is 1. The van der Waals surface area contributed by atoms with E-state index in [1.165, 1.54) is 0 Å². The molecule has 1 N–H and O–H groups in total. The van der Waals surface area contributed by atoms with Crippen LogP contribution in [0.3, 0.4) is 0 Å². The zero-order valence-electron chi connectivity index (χ0n) is 5.11. The summed E-state index contributed by atoms with van der Waals surface area (Å²) in [6, 6.07) is 0. The van der Waals surface area contributed by atoms with Crippen molar-refractivity contribution in [2.24, 2.45) is 0 Å². The molecule has 0 aliphatic rings. The fourth-order valence-corrected chi connectivity index (χ4v) is 0.253. The minimum Gasteiger partial charge on any atom is -0.361 e. The van der Waals surface area contributed by atoms with E-state index in [0.717, 1.165) is 0 Å². The quantitative estimate of drug-likeness (QED) is 0.521. The van der Waals surface area contributed by atoms with Gasteiger partial charge in [0.2, 0.25) is 6.36 Å². The molecule has 7 heteroatoms. The van der Waals surface area contributed by atoms with E-state index in [0.29, 0.717) is 0 Å². The lowest BCUT2D eigenvalue weighted by molar-refractivity contribution is -0.320. The van der Waals surface area contributed by atoms with Gasteiger partial charge in [-0.1, -0.05) is 0 Å². The number of rotatable bonds is 3. The Morgan fingerprint density at radius 3 is 2.09 bits per heavy atom. The monoisotopic (exact) mass is 180 g/mol. The van der Waals surface area contributed by atoms with Gasteiger partial charge in [0, 0.05) is 0 Å². The third-order valence-electron chi connectivity index (χ3n) is 0.678. The van der Waals surface area contributed by atoms with Crippen LogP contribution in [0.2, 0.25) is 0 Å². The number of ether oxygens (including phenoxy) is 1. The van der Waals surface area contributed by atoms with Crippen LogP contribution in [-0.2, 0) is 4.74 Å². The second kappa shape index (κ2) is 3.82. The van der Waals surface area contributed by atoms with Crippen LogP contribution < -0.4 is 0 Å². The van der Waals surface area contributed by atoms with Gasteiger partial charge in [-0.25, -0.2) is 8.78 Å². The Morgan fingerprint density at radius 2 is 1.82 bits per heavy atom. The lowest BCUT2D eigenvalue weighted by atomic mass is 10.6. The van der Waals surface area contributed by atoms with E-state index < -0.39 is 25.5 Å². The van der Waals surface area contributed by atoms with Crippen LogP contribution in [0.25, 0.3) is 0 Å². The van der Waals surface area contributed by atoms with Crippen LogP contribution >= 0.6 is 0 Å². The molecule has 0 aromatic rings. The van der Waals surface area contributed by atoms with Gasteiger partial charge >= 0.3 is 6.18 Å². The zero-order valence-corrected chi connectivity index (χ0v) is 5.11. The summed E-state index contributed by atoms with van der Waals surface area (Å²) in [5.41, 5.74) is 0. The Kier molecular flexibility index (Phi) is 3.67. The van der Waals surface area contributed by atoms with Gasteiger partial charge in [0.15, 0.2) is 0 Å². The molecule has 2 unspecified atom stereocenters. The molecule has 0 saturated heterocycles. The largest absolute Gasteiger partial charge is 0.439 e. The minimum atomic E-state index is -5.08. The van der Waals surface area contributed by atoms with Gasteiger partial charge < -0.3 is 9.84 Å². The SMILES string of the molecule is OC(OC(F)CF)C(F)(F)F. The number of halogens is 5. The summed E-state index contributed by atoms with van der Waals surface area (Å²) in [4.78, 5) is 0. The Labute approximate surface area is 58.6 Å². The number of hydrogen-bond acceptors (Lipinski definition) is 2. The molecule has 0 heterocycles. The second-order valence-corrected chi connectivity index (χ2v) is 1.59. The molecular formula is C4H5F5O2. The smallest absolute Gasteiger partial charge is 0.361 e. The van der Waals surface area contributed by atoms with Crippen LogP contribution in [-0.4, -0.2) is 30.6 Å². The van der Waals surface area contributed by atoms with Crippen molar-refractivity contribution in [3.05, 3.63) is 0 Å². The van der Waals surface area contributed by atoms with Crippen molar-refractivity contribution in [3.63, 3.8) is 0 Å². The van der Waals surface area contributed by atoms with Gasteiger partial charge in [-0.05, 0) is 0 Å². The van der Waals surface area contributed by atoms with Crippen molar-refractivity contribution in [1.82, 2.24) is 0 Å². The fourth-order valence-electron chi connectivity index (χ4n) is 0.253. The molecule has 0 spiro atoms. The van der Waals surface area contributed by atoms with Crippen molar-refractivity contribution < 1.29 is 31.8 Å². The Balaban J connectivity index is 3.77. The molecule has 0 amide bonds. The van der Waals surface area contributed by atoms with Crippen LogP contribution in [0.5, 0.6) is 0 Å². The van der Waals surface area contributed by atoms with E-state index in [4.69, 9.17) is 5.11 Å². The maximum atomic E-state index is 11.7. The molecular weight excluding hydrogens is 175 g/mol. The summed E-state index contributed by atoms with van der Waals surface area (Å²) in [6.45, 7) is -1.73. The molecule has 0 aliphatic heterocycles. The van der Waals surface area contributed by atoms with Crippen molar-refractivity contribution in [3.8, 4) is 0 Å². The molecule has 0 radical (unpaired) electrons. The highest BCUT2D eigenvalue weighted by Crippen LogP contribution is 2.21. The van der Waals surface area contributed by atoms with E-state index in [9.17, 15) is 22.0 Å². The number of hydrogen-bond donors (Lipinski definition) is 1. The fraction of sp³-hybridized carbons (Fsp3) is 1.00. The van der Waals surface area contributed by atoms with Crippen LogP contribution in [0.1, 0.15) is 0 Å². The third-order valence-corrected chi connectivity index (χ3v) is 0.678. The summed E-state index contributed by atoms with van der Waals surface area (Å²) in [5, 5.41) is 7.93. The second-order valence-electron chi connectivity index (χ2n) is 1.59. The van der Waals surface area contributed by atoms with E-state index in [1.54, 1.807) is 0 Å². The highest BCUT2D eigenvalue weighted by atomic mass is 19.4. The Morgan fingerprint density at radius 1 is 1.36 bits per heavy atom. The predicted octanol–water partition coefficient (Wildman–Crippen LogP) is 1.15. The normalized spacial score (nSPS) is 18.0. The molecule has 0 aromatic heterocycles. The predicted molar refractivity (Wildman–Crippen MR) is 24.0 cm³/mol. The summed E-state index contributed by atoms with van der Waals surface area (Å²) >= 11 is 0. The maximum absolute atomic E-state index is 11.7. The van der Waals surface area contributed by atoms with Crippen molar-refractivity contribution in [2.75, 3.05) is 6.67 Å². The molecule has 0 aromatic carbocycles. The first-order valence-electron chi connectivity index (χ1n) is 2.48. The Bertz CT molecular complexity index is 114. The molecule has 2 nitrogen and oxygen atoms in total. The molecule has 0 fully saturated rings. The molecule has 0 rings (SSSR count). The molecule has 2 atom stereocenters. The first-order chi connectivity index (χ1) is 4.88. The summed E-state index contributed by atoms with van der Waals surface area (Å²) < 4.78 is 59.8. The van der Waals surface area contributed by atoms with E-state index in [-0.39, 0.29) is 0 Å². The average molecular weight is 180 g/mol. The first-order valence-corrected chi connectivity index (χ1v) is 2.48. The van der Waals surface area contributed by atoms with Gasteiger partial charge in [-0.15, -0.1) is 0 Å². The van der Waals surface area contributed by atoms with Crippen molar-refractivity contribution in [1.29, 1.82) is 0 Å². The third kappa shape index (κ3) is 4.10. The average Bonchev–Trinajstić information content (AvgIpc) is 1.85. The maximum Gasteiger partial charge on any atom is 0.439 e. The number of alkyl halides is 5. The molecule has 11 heavy (non-hydrogen) atoms. The van der Waals surface area contributed by atoms with Crippen molar-refractivity contribution in [2.45, 2.75) is 18.8 Å². The standard InChI is InChI=1S/C4H5F5O2/c5-1-2(6)11-3(10)4(7,8)9/h2-3,10H,1H2. The van der Waals surface area contributed by atoms with Gasteiger partial charge in [0.25, 0.3) is 6.29 Å². The summed E-state index contributed by atoms with van der Waals surface area (Å²) in [7, 11) is 0.